The molecule has 0 aliphatic carbocycles. The van der Waals surface area contributed by atoms with E-state index in [1.807, 2.05) is 19.1 Å². The largest absolute Gasteiger partial charge is 0.338 e. The lowest BCUT2D eigenvalue weighted by Crippen LogP contribution is -2.40. The Bertz CT molecular complexity index is 478. The summed E-state index contributed by atoms with van der Waals surface area (Å²) in [6, 6.07) is 6.12. The van der Waals surface area contributed by atoms with Gasteiger partial charge in [-0.1, -0.05) is 24.6 Å². The van der Waals surface area contributed by atoms with Crippen LogP contribution in [0, 0.1) is 19.8 Å². The van der Waals surface area contributed by atoms with Gasteiger partial charge in [-0.2, -0.15) is 0 Å². The molecule has 1 aromatic carbocycles. The van der Waals surface area contributed by atoms with E-state index in [0.29, 0.717) is 5.92 Å². The minimum atomic E-state index is 0.202. The molecule has 3 heteroatoms. The molecule has 1 amide bonds. The fourth-order valence-electron chi connectivity index (χ4n) is 3.15. The van der Waals surface area contributed by atoms with E-state index >= 15 is 0 Å². The molecular formula is C18H28N2O. The Morgan fingerprint density at radius 3 is 2.62 bits per heavy atom. The Labute approximate surface area is 128 Å². The van der Waals surface area contributed by atoms with Crippen LogP contribution < -0.4 is 5.32 Å². The summed E-state index contributed by atoms with van der Waals surface area (Å²) in [6.45, 7) is 10.2. The van der Waals surface area contributed by atoms with Gasteiger partial charge in [0.15, 0.2) is 0 Å². The first-order chi connectivity index (χ1) is 10.1. The van der Waals surface area contributed by atoms with Crippen LogP contribution in [0.1, 0.15) is 47.7 Å². The van der Waals surface area contributed by atoms with Crippen molar-refractivity contribution in [1.29, 1.82) is 0 Å². The summed E-state index contributed by atoms with van der Waals surface area (Å²) in [6.07, 6.45) is 3.38. The highest BCUT2D eigenvalue weighted by atomic mass is 16.2. The number of carbonyl (C=O) groups excluding carboxylic acids is 1. The Morgan fingerprint density at radius 1 is 1.29 bits per heavy atom. The summed E-state index contributed by atoms with van der Waals surface area (Å²) >= 11 is 0. The van der Waals surface area contributed by atoms with Gasteiger partial charge in [0.2, 0.25) is 0 Å². The van der Waals surface area contributed by atoms with Gasteiger partial charge in [0.1, 0.15) is 0 Å². The van der Waals surface area contributed by atoms with Crippen molar-refractivity contribution in [1.82, 2.24) is 10.2 Å². The molecule has 2 rings (SSSR count). The highest BCUT2D eigenvalue weighted by Gasteiger charge is 2.22. The highest BCUT2D eigenvalue weighted by Crippen LogP contribution is 2.18. The second-order valence-corrected chi connectivity index (χ2v) is 6.26. The molecule has 0 saturated carbocycles. The number of carbonyl (C=O) groups is 1. The lowest BCUT2D eigenvalue weighted by molar-refractivity contribution is 0.0715. The number of hydrogen-bond donors (Lipinski definition) is 1. The molecule has 0 bridgehead atoms. The van der Waals surface area contributed by atoms with E-state index in [1.165, 1.54) is 18.4 Å². The van der Waals surface area contributed by atoms with Crippen LogP contribution in [0.25, 0.3) is 0 Å². The zero-order chi connectivity index (χ0) is 15.2. The lowest BCUT2D eigenvalue weighted by Gasteiger charge is -2.30. The number of nitrogens with one attached hydrogen (secondary N) is 1. The van der Waals surface area contributed by atoms with Crippen LogP contribution in [0.3, 0.4) is 0 Å². The monoisotopic (exact) mass is 288 g/mol. The quantitative estimate of drug-likeness (QED) is 0.902. The molecule has 0 radical (unpaired) electrons. The number of aryl methyl sites for hydroxylation is 2. The van der Waals surface area contributed by atoms with Crippen molar-refractivity contribution in [2.75, 3.05) is 26.2 Å². The Kier molecular flexibility index (Phi) is 5.80. The van der Waals surface area contributed by atoms with Crippen molar-refractivity contribution >= 4 is 5.91 Å². The van der Waals surface area contributed by atoms with Gasteiger partial charge in [-0.05, 0) is 63.7 Å². The SMILES string of the molecule is CCCN(CC1CCNCC1)C(=O)c1ccc(C)cc1C. The van der Waals surface area contributed by atoms with Gasteiger partial charge in [0, 0.05) is 18.7 Å². The van der Waals surface area contributed by atoms with Crippen LogP contribution in [0.15, 0.2) is 18.2 Å². The number of rotatable bonds is 5. The third-order valence-electron chi connectivity index (χ3n) is 4.33. The molecular weight excluding hydrogens is 260 g/mol. The second-order valence-electron chi connectivity index (χ2n) is 6.26. The average Bonchev–Trinajstić information content (AvgIpc) is 2.47. The van der Waals surface area contributed by atoms with E-state index in [4.69, 9.17) is 0 Å². The molecule has 1 saturated heterocycles. The lowest BCUT2D eigenvalue weighted by atomic mass is 9.96. The maximum Gasteiger partial charge on any atom is 0.254 e. The fraction of sp³-hybridized carbons (Fsp3) is 0.611. The van der Waals surface area contributed by atoms with Gasteiger partial charge in [-0.15, -0.1) is 0 Å². The van der Waals surface area contributed by atoms with Crippen molar-refractivity contribution < 1.29 is 4.79 Å². The molecule has 0 spiro atoms. The van der Waals surface area contributed by atoms with Gasteiger partial charge >= 0.3 is 0 Å². The maximum atomic E-state index is 12.9. The minimum absolute atomic E-state index is 0.202. The van der Waals surface area contributed by atoms with Crippen LogP contribution >= 0.6 is 0 Å². The van der Waals surface area contributed by atoms with Crippen LogP contribution in [0.2, 0.25) is 0 Å². The van der Waals surface area contributed by atoms with E-state index in [9.17, 15) is 4.79 Å². The number of piperidine rings is 1. The first kappa shape index (κ1) is 16.0. The highest BCUT2D eigenvalue weighted by molar-refractivity contribution is 5.95. The van der Waals surface area contributed by atoms with Gasteiger partial charge in [0.05, 0.1) is 0 Å². The molecule has 1 heterocycles. The molecule has 1 N–H and O–H groups in total. The van der Waals surface area contributed by atoms with E-state index in [-0.39, 0.29) is 5.91 Å². The van der Waals surface area contributed by atoms with Gasteiger partial charge in [0.25, 0.3) is 5.91 Å². The van der Waals surface area contributed by atoms with Crippen molar-refractivity contribution in [3.05, 3.63) is 34.9 Å². The van der Waals surface area contributed by atoms with E-state index in [1.54, 1.807) is 0 Å². The smallest absolute Gasteiger partial charge is 0.254 e. The molecule has 0 aromatic heterocycles. The van der Waals surface area contributed by atoms with Crippen molar-refractivity contribution in [2.24, 2.45) is 5.92 Å². The maximum absolute atomic E-state index is 12.9. The molecule has 3 nitrogen and oxygen atoms in total. The third-order valence-corrected chi connectivity index (χ3v) is 4.33. The zero-order valence-corrected chi connectivity index (χ0v) is 13.6. The molecule has 1 aliphatic rings. The van der Waals surface area contributed by atoms with Gasteiger partial charge in [-0.25, -0.2) is 0 Å². The standard InChI is InChI=1S/C18H28N2O/c1-4-11-20(13-16-7-9-19-10-8-16)18(21)17-6-5-14(2)12-15(17)3/h5-6,12,16,19H,4,7-11,13H2,1-3H3. The summed E-state index contributed by atoms with van der Waals surface area (Å²) in [5, 5.41) is 3.39. The Morgan fingerprint density at radius 2 is 2.00 bits per heavy atom. The van der Waals surface area contributed by atoms with Crippen LogP contribution in [-0.2, 0) is 0 Å². The molecule has 0 atom stereocenters. The van der Waals surface area contributed by atoms with Crippen LogP contribution in [-0.4, -0.2) is 37.0 Å². The molecule has 1 aliphatic heterocycles. The Hall–Kier alpha value is -1.35. The van der Waals surface area contributed by atoms with Crippen molar-refractivity contribution in [2.45, 2.75) is 40.0 Å². The third kappa shape index (κ3) is 4.31. The number of benzene rings is 1. The summed E-state index contributed by atoms with van der Waals surface area (Å²) in [5.74, 6) is 0.848. The normalized spacial score (nSPS) is 16.0. The van der Waals surface area contributed by atoms with Crippen molar-refractivity contribution in [3.63, 3.8) is 0 Å². The predicted octanol–water partition coefficient (Wildman–Crippen LogP) is 3.16. The number of hydrogen-bond acceptors (Lipinski definition) is 2. The number of amides is 1. The second kappa shape index (κ2) is 7.60. The van der Waals surface area contributed by atoms with E-state index in [2.05, 4.69) is 30.1 Å². The Balaban J connectivity index is 2.10. The first-order valence-electron chi connectivity index (χ1n) is 8.19. The first-order valence-corrected chi connectivity index (χ1v) is 8.19. The van der Waals surface area contributed by atoms with Crippen LogP contribution in [0.5, 0.6) is 0 Å². The molecule has 0 unspecified atom stereocenters. The summed E-state index contributed by atoms with van der Waals surface area (Å²) in [4.78, 5) is 14.9. The summed E-state index contributed by atoms with van der Waals surface area (Å²) in [7, 11) is 0. The average molecular weight is 288 g/mol. The molecule has 1 aromatic rings. The van der Waals surface area contributed by atoms with Gasteiger partial charge in [-0.3, -0.25) is 4.79 Å². The number of nitrogens with zero attached hydrogens (tertiary/aromatic N) is 1. The van der Waals surface area contributed by atoms with Crippen molar-refractivity contribution in [3.8, 4) is 0 Å². The van der Waals surface area contributed by atoms with Crippen LogP contribution in [0.4, 0.5) is 0 Å². The summed E-state index contributed by atoms with van der Waals surface area (Å²) < 4.78 is 0. The summed E-state index contributed by atoms with van der Waals surface area (Å²) in [5.41, 5.74) is 3.17. The molecule has 116 valence electrons. The predicted molar refractivity (Wildman–Crippen MR) is 87.7 cm³/mol. The molecule has 1 fully saturated rings. The van der Waals surface area contributed by atoms with E-state index in [0.717, 1.165) is 43.7 Å². The van der Waals surface area contributed by atoms with Gasteiger partial charge < -0.3 is 10.2 Å². The molecule has 21 heavy (non-hydrogen) atoms. The zero-order valence-electron chi connectivity index (χ0n) is 13.6. The van der Waals surface area contributed by atoms with E-state index < -0.39 is 0 Å². The minimum Gasteiger partial charge on any atom is -0.338 e. The topological polar surface area (TPSA) is 32.3 Å². The fourth-order valence-corrected chi connectivity index (χ4v) is 3.15.